The number of aryl methyl sites for hydroxylation is 1. The zero-order valence-electron chi connectivity index (χ0n) is 13.6. The highest BCUT2D eigenvalue weighted by Gasteiger charge is 2.30. The molecule has 0 saturated heterocycles. The van der Waals surface area contributed by atoms with Crippen LogP contribution in [0.25, 0.3) is 0 Å². The predicted molar refractivity (Wildman–Crippen MR) is 88.5 cm³/mol. The average molecular weight is 338 g/mol. The number of carbonyl (C=O) groups excluding carboxylic acids is 3. The van der Waals surface area contributed by atoms with E-state index < -0.39 is 18.0 Å². The van der Waals surface area contributed by atoms with E-state index in [1.807, 2.05) is 13.8 Å². The topological polar surface area (TPSA) is 98.5 Å². The van der Waals surface area contributed by atoms with Gasteiger partial charge in [-0.05, 0) is 37.7 Å². The molecule has 1 atom stereocenters. The lowest BCUT2D eigenvalue weighted by molar-refractivity contribution is -0.125. The lowest BCUT2D eigenvalue weighted by Gasteiger charge is -2.12. The van der Waals surface area contributed by atoms with Crippen LogP contribution in [0.3, 0.4) is 0 Å². The highest BCUT2D eigenvalue weighted by molar-refractivity contribution is 7.17. The Hall–Kier alpha value is -1.89. The van der Waals surface area contributed by atoms with E-state index in [1.54, 1.807) is 0 Å². The Morgan fingerprint density at radius 2 is 1.96 bits per heavy atom. The highest BCUT2D eigenvalue weighted by atomic mass is 32.1. The fourth-order valence-electron chi connectivity index (χ4n) is 2.53. The smallest absolute Gasteiger partial charge is 0.342 e. The number of thiophene rings is 1. The van der Waals surface area contributed by atoms with Gasteiger partial charge in [-0.25, -0.2) is 4.79 Å². The first-order valence-corrected chi connectivity index (χ1v) is 8.56. The molecule has 0 saturated carbocycles. The molecule has 6 nitrogen and oxygen atoms in total. The van der Waals surface area contributed by atoms with Crippen molar-refractivity contribution in [2.24, 2.45) is 11.7 Å². The Labute approximate surface area is 139 Å². The van der Waals surface area contributed by atoms with Crippen LogP contribution in [0.5, 0.6) is 0 Å². The van der Waals surface area contributed by atoms with Crippen LogP contribution in [0.15, 0.2) is 0 Å². The van der Waals surface area contributed by atoms with Crippen LogP contribution in [0.4, 0.5) is 5.00 Å². The standard InChI is InChI=1S/C16H22N2O4S/c1-8(2)7-12(19)18-15-13(10-5-4-6-11(10)23-15)16(21)22-9(3)14(17)20/h8-9H,4-7H2,1-3H3,(H2,17,20)(H,18,19). The van der Waals surface area contributed by atoms with Crippen LogP contribution >= 0.6 is 11.3 Å². The first kappa shape index (κ1) is 17.5. The maximum absolute atomic E-state index is 12.4. The molecule has 2 amide bonds. The predicted octanol–water partition coefficient (Wildman–Crippen LogP) is 2.25. The summed E-state index contributed by atoms with van der Waals surface area (Å²) in [6.07, 6.45) is 2.04. The number of nitrogens with two attached hydrogens (primary N) is 1. The maximum atomic E-state index is 12.4. The van der Waals surface area contributed by atoms with Gasteiger partial charge in [0.15, 0.2) is 6.10 Å². The number of hydrogen-bond acceptors (Lipinski definition) is 5. The Kier molecular flexibility index (Phi) is 5.41. The summed E-state index contributed by atoms with van der Waals surface area (Å²) >= 11 is 1.42. The Bertz CT molecular complexity index is 636. The molecule has 1 aromatic heterocycles. The molecule has 1 unspecified atom stereocenters. The molecule has 0 radical (unpaired) electrons. The second-order valence-corrected chi connectivity index (χ2v) is 7.26. The van der Waals surface area contributed by atoms with Crippen molar-refractivity contribution in [1.82, 2.24) is 0 Å². The van der Waals surface area contributed by atoms with Gasteiger partial charge in [0.25, 0.3) is 5.91 Å². The molecule has 0 aliphatic heterocycles. The van der Waals surface area contributed by atoms with Crippen molar-refractivity contribution in [1.29, 1.82) is 0 Å². The number of primary amides is 1. The van der Waals surface area contributed by atoms with Crippen molar-refractivity contribution >= 4 is 34.1 Å². The van der Waals surface area contributed by atoms with Gasteiger partial charge in [-0.3, -0.25) is 9.59 Å². The van der Waals surface area contributed by atoms with Crippen LogP contribution in [-0.2, 0) is 27.2 Å². The zero-order chi connectivity index (χ0) is 17.1. The van der Waals surface area contributed by atoms with E-state index in [0.29, 0.717) is 17.0 Å². The molecule has 0 spiro atoms. The number of ether oxygens (including phenoxy) is 1. The zero-order valence-corrected chi connectivity index (χ0v) is 14.4. The molecular formula is C16H22N2O4S. The molecule has 1 heterocycles. The number of carbonyl (C=O) groups is 3. The van der Waals surface area contributed by atoms with Gasteiger partial charge >= 0.3 is 5.97 Å². The number of amides is 2. The Balaban J connectivity index is 2.24. The number of esters is 1. The summed E-state index contributed by atoms with van der Waals surface area (Å²) < 4.78 is 5.13. The Morgan fingerprint density at radius 1 is 1.26 bits per heavy atom. The second-order valence-electron chi connectivity index (χ2n) is 6.16. The normalized spacial score (nSPS) is 14.4. The molecule has 1 aromatic rings. The van der Waals surface area contributed by atoms with Crippen molar-refractivity contribution in [2.75, 3.05) is 5.32 Å². The summed E-state index contributed by atoms with van der Waals surface area (Å²) in [4.78, 5) is 36.7. The van der Waals surface area contributed by atoms with Crippen LogP contribution in [0.2, 0.25) is 0 Å². The monoisotopic (exact) mass is 338 g/mol. The molecule has 0 fully saturated rings. The van der Waals surface area contributed by atoms with Crippen molar-refractivity contribution in [3.8, 4) is 0 Å². The molecule has 1 aliphatic carbocycles. The van der Waals surface area contributed by atoms with Crippen LogP contribution in [0.1, 0.15) is 54.4 Å². The highest BCUT2D eigenvalue weighted by Crippen LogP contribution is 2.39. The SMILES string of the molecule is CC(C)CC(=O)Nc1sc2c(c1C(=O)OC(C)C(N)=O)CCC2. The fraction of sp³-hybridized carbons (Fsp3) is 0.562. The lowest BCUT2D eigenvalue weighted by Crippen LogP contribution is -2.30. The van der Waals surface area contributed by atoms with Gasteiger partial charge in [0, 0.05) is 11.3 Å². The lowest BCUT2D eigenvalue weighted by atomic mass is 10.1. The van der Waals surface area contributed by atoms with Crippen LogP contribution in [-0.4, -0.2) is 23.9 Å². The quantitative estimate of drug-likeness (QED) is 0.777. The third-order valence-electron chi connectivity index (χ3n) is 3.66. The van der Waals surface area contributed by atoms with Crippen molar-refractivity contribution < 1.29 is 19.1 Å². The van der Waals surface area contributed by atoms with E-state index >= 15 is 0 Å². The Morgan fingerprint density at radius 3 is 2.57 bits per heavy atom. The molecule has 7 heteroatoms. The van der Waals surface area contributed by atoms with E-state index in [0.717, 1.165) is 29.7 Å². The molecular weight excluding hydrogens is 316 g/mol. The van der Waals surface area contributed by atoms with Gasteiger partial charge < -0.3 is 15.8 Å². The van der Waals surface area contributed by atoms with Crippen molar-refractivity contribution in [3.05, 3.63) is 16.0 Å². The summed E-state index contributed by atoms with van der Waals surface area (Å²) in [5, 5.41) is 3.33. The second kappa shape index (κ2) is 7.12. The van der Waals surface area contributed by atoms with Crippen molar-refractivity contribution in [2.45, 2.75) is 52.6 Å². The summed E-state index contributed by atoms with van der Waals surface area (Å²) in [5.41, 5.74) is 6.45. The van der Waals surface area contributed by atoms with Gasteiger partial charge in [0.2, 0.25) is 5.91 Å². The van der Waals surface area contributed by atoms with E-state index in [2.05, 4.69) is 5.32 Å². The number of fused-ring (bicyclic) bond motifs is 1. The largest absolute Gasteiger partial charge is 0.449 e. The molecule has 1 aliphatic rings. The van der Waals surface area contributed by atoms with Crippen LogP contribution < -0.4 is 11.1 Å². The summed E-state index contributed by atoms with van der Waals surface area (Å²) in [7, 11) is 0. The fourth-order valence-corrected chi connectivity index (χ4v) is 3.83. The van der Waals surface area contributed by atoms with Gasteiger partial charge in [-0.2, -0.15) is 0 Å². The summed E-state index contributed by atoms with van der Waals surface area (Å²) in [6, 6.07) is 0. The van der Waals surface area contributed by atoms with E-state index in [4.69, 9.17) is 10.5 Å². The van der Waals surface area contributed by atoms with E-state index in [9.17, 15) is 14.4 Å². The maximum Gasteiger partial charge on any atom is 0.342 e. The molecule has 126 valence electrons. The first-order chi connectivity index (χ1) is 10.8. The van der Waals surface area contributed by atoms with Gasteiger partial charge in [0.05, 0.1) is 5.56 Å². The summed E-state index contributed by atoms with van der Waals surface area (Å²) in [5.74, 6) is -1.20. The molecule has 0 aromatic carbocycles. The van der Waals surface area contributed by atoms with Gasteiger partial charge in [-0.15, -0.1) is 11.3 Å². The minimum absolute atomic E-state index is 0.128. The molecule has 2 rings (SSSR count). The third kappa shape index (κ3) is 4.10. The first-order valence-electron chi connectivity index (χ1n) is 7.74. The van der Waals surface area contributed by atoms with E-state index in [-0.39, 0.29) is 11.8 Å². The minimum atomic E-state index is -1.00. The summed E-state index contributed by atoms with van der Waals surface area (Å²) in [6.45, 7) is 5.35. The number of anilines is 1. The molecule has 0 bridgehead atoms. The van der Waals surface area contributed by atoms with Crippen LogP contribution in [0, 0.1) is 5.92 Å². The minimum Gasteiger partial charge on any atom is -0.449 e. The van der Waals surface area contributed by atoms with E-state index in [1.165, 1.54) is 18.3 Å². The van der Waals surface area contributed by atoms with Gasteiger partial charge in [0.1, 0.15) is 5.00 Å². The average Bonchev–Trinajstić information content (AvgIpc) is 2.96. The number of hydrogen-bond donors (Lipinski definition) is 2. The van der Waals surface area contributed by atoms with Crippen molar-refractivity contribution in [3.63, 3.8) is 0 Å². The number of nitrogens with one attached hydrogen (secondary N) is 1. The molecule has 23 heavy (non-hydrogen) atoms. The van der Waals surface area contributed by atoms with Gasteiger partial charge in [-0.1, -0.05) is 13.8 Å². The molecule has 3 N–H and O–H groups in total. The third-order valence-corrected chi connectivity index (χ3v) is 4.86. The number of rotatable bonds is 6.